The molecule has 0 rings (SSSR count). The molecule has 0 bridgehead atoms. The van der Waals surface area contributed by atoms with Gasteiger partial charge in [0.1, 0.15) is 0 Å². The van der Waals surface area contributed by atoms with Crippen LogP contribution in [-0.4, -0.2) is 6.67 Å². The molecule has 98 valence electrons. The predicted molar refractivity (Wildman–Crippen MR) is 71.7 cm³/mol. The topological polar surface area (TPSA) is 0 Å². The van der Waals surface area contributed by atoms with Gasteiger partial charge in [-0.15, -0.1) is 0 Å². The summed E-state index contributed by atoms with van der Waals surface area (Å²) in [5.41, 5.74) is 0. The number of unbranched alkanes of at least 4 members (excludes halogenated alkanes) is 12. The minimum atomic E-state index is -0.127. The van der Waals surface area contributed by atoms with Crippen molar-refractivity contribution in [2.45, 2.75) is 90.4 Å². The van der Waals surface area contributed by atoms with E-state index < -0.39 is 0 Å². The van der Waals surface area contributed by atoms with E-state index in [-0.39, 0.29) is 6.67 Å². The molecule has 0 aliphatic rings. The summed E-state index contributed by atoms with van der Waals surface area (Å²) in [7, 11) is 0. The van der Waals surface area contributed by atoms with Gasteiger partial charge in [-0.3, -0.25) is 4.39 Å². The van der Waals surface area contributed by atoms with E-state index >= 15 is 0 Å². The van der Waals surface area contributed by atoms with Gasteiger partial charge in [0.05, 0.1) is 6.67 Å². The van der Waals surface area contributed by atoms with Crippen molar-refractivity contribution >= 4 is 0 Å². The fourth-order valence-electron chi connectivity index (χ4n) is 2.11. The van der Waals surface area contributed by atoms with Crippen LogP contribution >= 0.6 is 0 Å². The predicted octanol–water partition coefficient (Wildman–Crippen LogP) is 6.05. The second kappa shape index (κ2) is 14.9. The van der Waals surface area contributed by atoms with Crippen molar-refractivity contribution < 1.29 is 4.39 Å². The molecule has 0 unspecified atom stereocenters. The fraction of sp³-hybridized carbons (Fsp3) is 1.00. The molecule has 0 saturated carbocycles. The molecule has 0 aliphatic carbocycles. The van der Waals surface area contributed by atoms with Crippen LogP contribution in [0.25, 0.3) is 0 Å². The van der Waals surface area contributed by atoms with Gasteiger partial charge >= 0.3 is 0 Å². The lowest BCUT2D eigenvalue weighted by molar-refractivity contribution is 0.448. The zero-order chi connectivity index (χ0) is 11.9. The third kappa shape index (κ3) is 13.9. The maximum absolute atomic E-state index is 11.8. The number of hydrogen-bond donors (Lipinski definition) is 0. The molecule has 0 fully saturated rings. The quantitative estimate of drug-likeness (QED) is 0.338. The monoisotopic (exact) mass is 230 g/mol. The maximum Gasteiger partial charge on any atom is 0.0894 e. The lowest BCUT2D eigenvalue weighted by Gasteiger charge is -2.02. The van der Waals surface area contributed by atoms with Crippen LogP contribution in [0.4, 0.5) is 4.39 Å². The van der Waals surface area contributed by atoms with Crippen molar-refractivity contribution in [1.29, 1.82) is 0 Å². The van der Waals surface area contributed by atoms with Crippen LogP contribution in [0.3, 0.4) is 0 Å². The average molecular weight is 230 g/mol. The number of alkyl halides is 1. The van der Waals surface area contributed by atoms with Crippen LogP contribution in [-0.2, 0) is 0 Å². The molecule has 0 saturated heterocycles. The Morgan fingerprint density at radius 1 is 0.500 bits per heavy atom. The van der Waals surface area contributed by atoms with Crippen molar-refractivity contribution in [3.05, 3.63) is 0 Å². The molecule has 0 aromatic heterocycles. The van der Waals surface area contributed by atoms with E-state index in [0.29, 0.717) is 0 Å². The molecule has 0 atom stereocenters. The first-order valence-corrected chi connectivity index (χ1v) is 7.47. The second-order valence-electron chi connectivity index (χ2n) is 4.93. The van der Waals surface area contributed by atoms with Crippen molar-refractivity contribution in [3.8, 4) is 0 Å². The van der Waals surface area contributed by atoms with Crippen molar-refractivity contribution in [1.82, 2.24) is 0 Å². The van der Waals surface area contributed by atoms with E-state index in [1.54, 1.807) is 0 Å². The summed E-state index contributed by atoms with van der Waals surface area (Å²) < 4.78 is 11.8. The highest BCUT2D eigenvalue weighted by Gasteiger charge is 1.93. The number of rotatable bonds is 13. The third-order valence-corrected chi connectivity index (χ3v) is 3.24. The minimum absolute atomic E-state index is 0.127. The standard InChI is InChI=1S/C15H31F/c1-2-3-4-5-6-7-8-9-10-11-12-13-14-15-16/h2-15H2,1H3. The van der Waals surface area contributed by atoms with Crippen LogP contribution in [0.15, 0.2) is 0 Å². The van der Waals surface area contributed by atoms with Gasteiger partial charge in [-0.1, -0.05) is 84.0 Å². The van der Waals surface area contributed by atoms with Gasteiger partial charge in [-0.25, -0.2) is 0 Å². The van der Waals surface area contributed by atoms with E-state index in [1.165, 1.54) is 70.6 Å². The number of hydrogen-bond acceptors (Lipinski definition) is 0. The molecule has 0 nitrogen and oxygen atoms in total. The zero-order valence-electron chi connectivity index (χ0n) is 11.3. The summed E-state index contributed by atoms with van der Waals surface area (Å²) in [4.78, 5) is 0. The molecule has 0 aromatic carbocycles. The average Bonchev–Trinajstić information content (AvgIpc) is 2.31. The first kappa shape index (κ1) is 15.9. The molecule has 0 spiro atoms. The molecule has 1 heteroatoms. The van der Waals surface area contributed by atoms with Crippen molar-refractivity contribution in [3.63, 3.8) is 0 Å². The van der Waals surface area contributed by atoms with Gasteiger partial charge in [0, 0.05) is 0 Å². The van der Waals surface area contributed by atoms with Gasteiger partial charge < -0.3 is 0 Å². The Bertz CT molecular complexity index is 98.0. The van der Waals surface area contributed by atoms with Crippen LogP contribution in [0.1, 0.15) is 90.4 Å². The zero-order valence-corrected chi connectivity index (χ0v) is 11.3. The van der Waals surface area contributed by atoms with Gasteiger partial charge in [0.15, 0.2) is 0 Å². The smallest absolute Gasteiger partial charge is 0.0894 e. The number of halogens is 1. The highest BCUT2D eigenvalue weighted by Crippen LogP contribution is 2.12. The SMILES string of the molecule is CCCCCCCCCCCCCCCF. The Hall–Kier alpha value is -0.0700. The molecule has 0 amide bonds. The maximum atomic E-state index is 11.8. The summed E-state index contributed by atoms with van der Waals surface area (Å²) in [5.74, 6) is 0. The first-order chi connectivity index (χ1) is 7.91. The van der Waals surface area contributed by atoms with Crippen LogP contribution < -0.4 is 0 Å². The summed E-state index contributed by atoms with van der Waals surface area (Å²) in [6.07, 6.45) is 17.1. The molecule has 0 radical (unpaired) electrons. The molecule has 16 heavy (non-hydrogen) atoms. The molecular formula is C15H31F. The van der Waals surface area contributed by atoms with E-state index in [9.17, 15) is 4.39 Å². The Labute approximate surface area is 102 Å². The Kier molecular flexibility index (Phi) is 14.9. The molecular weight excluding hydrogens is 199 g/mol. The summed E-state index contributed by atoms with van der Waals surface area (Å²) in [6, 6.07) is 0. The highest BCUT2D eigenvalue weighted by molar-refractivity contribution is 4.48. The Morgan fingerprint density at radius 2 is 0.812 bits per heavy atom. The lowest BCUT2D eigenvalue weighted by Crippen LogP contribution is -1.83. The van der Waals surface area contributed by atoms with Crippen LogP contribution in [0, 0.1) is 0 Å². The highest BCUT2D eigenvalue weighted by atomic mass is 19.1. The van der Waals surface area contributed by atoms with Gasteiger partial charge in [-0.2, -0.15) is 0 Å². The fourth-order valence-corrected chi connectivity index (χ4v) is 2.11. The molecule has 0 aromatic rings. The van der Waals surface area contributed by atoms with Gasteiger partial charge in [0.2, 0.25) is 0 Å². The molecule has 0 heterocycles. The van der Waals surface area contributed by atoms with E-state index in [1.807, 2.05) is 0 Å². The summed E-state index contributed by atoms with van der Waals surface area (Å²) in [5, 5.41) is 0. The third-order valence-electron chi connectivity index (χ3n) is 3.24. The first-order valence-electron chi connectivity index (χ1n) is 7.47. The van der Waals surface area contributed by atoms with E-state index in [2.05, 4.69) is 6.92 Å². The van der Waals surface area contributed by atoms with Gasteiger partial charge in [-0.05, 0) is 6.42 Å². The molecule has 0 N–H and O–H groups in total. The minimum Gasteiger partial charge on any atom is -0.251 e. The van der Waals surface area contributed by atoms with E-state index in [4.69, 9.17) is 0 Å². The Morgan fingerprint density at radius 3 is 1.12 bits per heavy atom. The van der Waals surface area contributed by atoms with E-state index in [0.717, 1.165) is 12.8 Å². The summed E-state index contributed by atoms with van der Waals surface area (Å²) in [6.45, 7) is 2.14. The van der Waals surface area contributed by atoms with Crippen molar-refractivity contribution in [2.75, 3.05) is 6.67 Å². The van der Waals surface area contributed by atoms with Gasteiger partial charge in [0.25, 0.3) is 0 Å². The Balaban J connectivity index is 2.83. The van der Waals surface area contributed by atoms with Crippen LogP contribution in [0.5, 0.6) is 0 Å². The lowest BCUT2D eigenvalue weighted by atomic mass is 10.0. The van der Waals surface area contributed by atoms with Crippen molar-refractivity contribution in [2.24, 2.45) is 0 Å². The van der Waals surface area contributed by atoms with Crippen LogP contribution in [0.2, 0.25) is 0 Å². The largest absolute Gasteiger partial charge is 0.251 e. The summed E-state index contributed by atoms with van der Waals surface area (Å²) >= 11 is 0. The molecule has 0 aliphatic heterocycles. The normalized spacial score (nSPS) is 10.9. The second-order valence-corrected chi connectivity index (χ2v) is 4.93.